The van der Waals surface area contributed by atoms with Crippen LogP contribution in [-0.4, -0.2) is 57.6 Å². The molecule has 3 aromatic rings. The van der Waals surface area contributed by atoms with Crippen LogP contribution in [0.25, 0.3) is 0 Å². The number of methoxy groups -OCH3 is 1. The third kappa shape index (κ3) is 9.19. The fourth-order valence-corrected chi connectivity index (χ4v) is 5.36. The molecule has 1 atom stereocenters. The van der Waals surface area contributed by atoms with Crippen molar-refractivity contribution in [2.75, 3.05) is 30.8 Å². The van der Waals surface area contributed by atoms with E-state index in [0.29, 0.717) is 17.9 Å². The maximum Gasteiger partial charge on any atom is 0.244 e. The minimum Gasteiger partial charge on any atom is -0.495 e. The summed E-state index contributed by atoms with van der Waals surface area (Å²) in [6.07, 6.45) is 2.81. The maximum atomic E-state index is 14.0. The fourth-order valence-electron chi connectivity index (χ4n) is 4.27. The van der Waals surface area contributed by atoms with Crippen LogP contribution in [0.15, 0.2) is 72.8 Å². The molecule has 3 aromatic carbocycles. The van der Waals surface area contributed by atoms with Crippen LogP contribution in [0.2, 0.25) is 5.02 Å². The molecule has 2 amide bonds. The standard InChI is InChI=1S/C30H35ClFN3O5S/c1-4-5-17-33-30(37)27(18-22-9-7-6-8-10-22)34(20-23-11-13-24(32)14-12-23)29(36)21-35(41(3,38)39)25-15-16-28(40-2)26(31)19-25/h6-16,19,27H,4-5,17-18,20-21H2,1-3H3,(H,33,37). The minimum atomic E-state index is -3.95. The number of unbranched alkanes of at least 4 members (excludes halogenated alkanes) is 1. The fraction of sp³-hybridized carbons (Fsp3) is 0.333. The predicted octanol–water partition coefficient (Wildman–Crippen LogP) is 4.81. The largest absolute Gasteiger partial charge is 0.495 e. The average molecular weight is 604 g/mol. The molecule has 0 spiro atoms. The SMILES string of the molecule is CCCCNC(=O)C(Cc1ccccc1)N(Cc1ccc(F)cc1)C(=O)CN(c1ccc(OC)c(Cl)c1)S(C)(=O)=O. The van der Waals surface area contributed by atoms with Crippen LogP contribution in [0, 0.1) is 5.82 Å². The third-order valence-corrected chi connectivity index (χ3v) is 7.91. The Bertz CT molecular complexity index is 1420. The molecular weight excluding hydrogens is 569 g/mol. The molecule has 0 aromatic heterocycles. The molecule has 8 nitrogen and oxygen atoms in total. The van der Waals surface area contributed by atoms with Gasteiger partial charge >= 0.3 is 0 Å². The van der Waals surface area contributed by atoms with Crippen LogP contribution >= 0.6 is 11.6 Å². The second kappa shape index (κ2) is 14.8. The van der Waals surface area contributed by atoms with E-state index in [2.05, 4.69) is 5.32 Å². The number of halogens is 2. The highest BCUT2D eigenvalue weighted by Gasteiger charge is 2.33. The highest BCUT2D eigenvalue weighted by molar-refractivity contribution is 7.92. The summed E-state index contributed by atoms with van der Waals surface area (Å²) in [5.74, 6) is -1.07. The van der Waals surface area contributed by atoms with E-state index >= 15 is 0 Å². The van der Waals surface area contributed by atoms with Crippen molar-refractivity contribution in [3.63, 3.8) is 0 Å². The van der Waals surface area contributed by atoms with Gasteiger partial charge in [0.05, 0.1) is 24.1 Å². The molecule has 0 saturated heterocycles. The van der Waals surface area contributed by atoms with Crippen molar-refractivity contribution in [3.05, 3.63) is 94.8 Å². The Morgan fingerprint density at radius 2 is 1.71 bits per heavy atom. The summed E-state index contributed by atoms with van der Waals surface area (Å²) in [6.45, 7) is 1.80. The summed E-state index contributed by atoms with van der Waals surface area (Å²) in [7, 11) is -2.51. The topological polar surface area (TPSA) is 96.0 Å². The molecule has 41 heavy (non-hydrogen) atoms. The molecule has 0 aliphatic heterocycles. The number of rotatable bonds is 14. The lowest BCUT2D eigenvalue weighted by molar-refractivity contribution is -0.140. The number of sulfonamides is 1. The van der Waals surface area contributed by atoms with Gasteiger partial charge in [-0.25, -0.2) is 12.8 Å². The molecular formula is C30H35ClFN3O5S. The molecule has 0 aliphatic carbocycles. The van der Waals surface area contributed by atoms with Gasteiger partial charge in [-0.05, 0) is 47.9 Å². The first kappa shape index (κ1) is 31.9. The third-order valence-electron chi connectivity index (χ3n) is 6.47. The summed E-state index contributed by atoms with van der Waals surface area (Å²) in [4.78, 5) is 28.9. The zero-order chi connectivity index (χ0) is 30.0. The van der Waals surface area contributed by atoms with Crippen LogP contribution in [0.3, 0.4) is 0 Å². The number of nitrogens with zero attached hydrogens (tertiary/aromatic N) is 2. The summed E-state index contributed by atoms with van der Waals surface area (Å²) in [6, 6.07) is 18.3. The van der Waals surface area contributed by atoms with Gasteiger partial charge in [0, 0.05) is 19.5 Å². The Kier molecular flexibility index (Phi) is 11.5. The van der Waals surface area contributed by atoms with E-state index in [1.165, 1.54) is 54.5 Å². The van der Waals surface area contributed by atoms with E-state index in [1.54, 1.807) is 0 Å². The van der Waals surface area contributed by atoms with Crippen molar-refractivity contribution >= 4 is 39.1 Å². The van der Waals surface area contributed by atoms with Gasteiger partial charge in [-0.3, -0.25) is 13.9 Å². The first-order valence-corrected chi connectivity index (χ1v) is 15.4. The van der Waals surface area contributed by atoms with Crippen molar-refractivity contribution in [1.29, 1.82) is 0 Å². The monoisotopic (exact) mass is 603 g/mol. The number of nitrogens with one attached hydrogen (secondary N) is 1. The molecule has 1 unspecified atom stereocenters. The molecule has 11 heteroatoms. The van der Waals surface area contributed by atoms with Gasteiger partial charge < -0.3 is 15.0 Å². The molecule has 0 bridgehead atoms. The number of amides is 2. The summed E-state index contributed by atoms with van der Waals surface area (Å²) in [5.41, 5.74) is 1.57. The highest BCUT2D eigenvalue weighted by atomic mass is 35.5. The molecule has 0 fully saturated rings. The quantitative estimate of drug-likeness (QED) is 0.267. The number of anilines is 1. The van der Waals surface area contributed by atoms with Crippen LogP contribution in [0.5, 0.6) is 5.75 Å². The Hall–Kier alpha value is -3.63. The van der Waals surface area contributed by atoms with Crippen molar-refractivity contribution < 1.29 is 27.1 Å². The van der Waals surface area contributed by atoms with E-state index in [1.807, 2.05) is 37.3 Å². The van der Waals surface area contributed by atoms with Gasteiger partial charge in [-0.15, -0.1) is 0 Å². The lowest BCUT2D eigenvalue weighted by atomic mass is 10.0. The first-order valence-electron chi connectivity index (χ1n) is 13.2. The first-order chi connectivity index (χ1) is 19.5. The smallest absolute Gasteiger partial charge is 0.244 e. The lowest BCUT2D eigenvalue weighted by Gasteiger charge is -2.33. The molecule has 1 N–H and O–H groups in total. The van der Waals surface area contributed by atoms with Gasteiger partial charge in [0.15, 0.2) is 0 Å². The molecule has 0 radical (unpaired) electrons. The zero-order valence-electron chi connectivity index (χ0n) is 23.3. The molecule has 0 heterocycles. The summed E-state index contributed by atoms with van der Waals surface area (Å²) >= 11 is 6.26. The highest BCUT2D eigenvalue weighted by Crippen LogP contribution is 2.30. The molecule has 0 saturated carbocycles. The van der Waals surface area contributed by atoms with E-state index < -0.39 is 34.3 Å². The lowest BCUT2D eigenvalue weighted by Crippen LogP contribution is -2.53. The molecule has 0 aliphatic rings. The predicted molar refractivity (Wildman–Crippen MR) is 159 cm³/mol. The average Bonchev–Trinajstić information content (AvgIpc) is 2.94. The van der Waals surface area contributed by atoms with E-state index in [-0.39, 0.29) is 29.6 Å². The minimum absolute atomic E-state index is 0.0429. The number of ether oxygens (including phenoxy) is 1. The van der Waals surface area contributed by atoms with Crippen molar-refractivity contribution in [2.45, 2.75) is 38.8 Å². The second-order valence-corrected chi connectivity index (χ2v) is 11.9. The summed E-state index contributed by atoms with van der Waals surface area (Å²) in [5, 5.41) is 3.09. The van der Waals surface area contributed by atoms with Crippen molar-refractivity contribution in [2.24, 2.45) is 0 Å². The van der Waals surface area contributed by atoms with Crippen molar-refractivity contribution in [1.82, 2.24) is 10.2 Å². The van der Waals surface area contributed by atoms with E-state index in [4.69, 9.17) is 16.3 Å². The van der Waals surface area contributed by atoms with Gasteiger partial charge in [0.2, 0.25) is 21.8 Å². The van der Waals surface area contributed by atoms with Gasteiger partial charge in [-0.2, -0.15) is 0 Å². The normalized spacial score (nSPS) is 11.9. The van der Waals surface area contributed by atoms with Crippen LogP contribution in [0.4, 0.5) is 10.1 Å². The second-order valence-electron chi connectivity index (χ2n) is 9.59. The number of hydrogen-bond donors (Lipinski definition) is 1. The van der Waals surface area contributed by atoms with Crippen LogP contribution in [0.1, 0.15) is 30.9 Å². The van der Waals surface area contributed by atoms with Crippen molar-refractivity contribution in [3.8, 4) is 5.75 Å². The number of hydrogen-bond acceptors (Lipinski definition) is 5. The zero-order valence-corrected chi connectivity index (χ0v) is 24.9. The maximum absolute atomic E-state index is 14.0. The van der Waals surface area contributed by atoms with Crippen LogP contribution < -0.4 is 14.4 Å². The Morgan fingerprint density at radius 3 is 2.29 bits per heavy atom. The van der Waals surface area contributed by atoms with Gasteiger partial charge in [-0.1, -0.05) is 67.4 Å². The number of carbonyl (C=O) groups is 2. The number of carbonyl (C=O) groups excluding carboxylic acids is 2. The Labute approximate surface area is 246 Å². The van der Waals surface area contributed by atoms with E-state index in [9.17, 15) is 22.4 Å². The van der Waals surface area contributed by atoms with Gasteiger partial charge in [0.25, 0.3) is 0 Å². The Balaban J connectivity index is 2.04. The number of benzene rings is 3. The van der Waals surface area contributed by atoms with E-state index in [0.717, 1.165) is 29.0 Å². The molecule has 220 valence electrons. The molecule has 3 rings (SSSR count). The Morgan fingerprint density at radius 1 is 1.02 bits per heavy atom. The van der Waals surface area contributed by atoms with Crippen LogP contribution in [-0.2, 0) is 32.6 Å². The van der Waals surface area contributed by atoms with Gasteiger partial charge in [0.1, 0.15) is 24.2 Å². The summed E-state index contributed by atoms with van der Waals surface area (Å²) < 4.78 is 45.5.